The smallest absolute Gasteiger partial charge is 0.264 e. The molecule has 4 rings (SSSR count). The summed E-state index contributed by atoms with van der Waals surface area (Å²) in [7, 11) is 0. The largest absolute Gasteiger partial charge is 0.338 e. The number of nitrogens with zero attached hydrogens (tertiary/aromatic N) is 4. The van der Waals surface area contributed by atoms with E-state index >= 15 is 0 Å². The minimum absolute atomic E-state index is 0.000904. The Hall–Kier alpha value is -2.56. The number of hydrogen-bond acceptors (Lipinski definition) is 8. The monoisotopic (exact) mass is 417 g/mol. The SMILES string of the molecule is CC(=O)Nc1ccc(C(=O)N2CCN(Cc3nc(-c4cccs4)no3)CC2)s1. The molecule has 1 N–H and O–H groups in total. The molecule has 0 aliphatic carbocycles. The van der Waals surface area contributed by atoms with Gasteiger partial charge in [-0.3, -0.25) is 14.5 Å². The second-order valence-electron chi connectivity index (χ2n) is 6.40. The van der Waals surface area contributed by atoms with Crippen LogP contribution >= 0.6 is 22.7 Å². The number of rotatable bonds is 5. The van der Waals surface area contributed by atoms with Gasteiger partial charge in [0, 0.05) is 33.1 Å². The molecule has 0 spiro atoms. The predicted octanol–water partition coefficient (Wildman–Crippen LogP) is 2.78. The number of piperazine rings is 1. The van der Waals surface area contributed by atoms with Crippen LogP contribution in [-0.4, -0.2) is 57.9 Å². The minimum Gasteiger partial charge on any atom is -0.338 e. The Labute approximate surface area is 169 Å². The molecule has 3 aromatic rings. The molecule has 146 valence electrons. The molecule has 4 heterocycles. The molecule has 2 amide bonds. The van der Waals surface area contributed by atoms with Crippen LogP contribution in [0.25, 0.3) is 10.7 Å². The molecular formula is C18H19N5O3S2. The van der Waals surface area contributed by atoms with Crippen molar-refractivity contribution in [3.8, 4) is 10.7 Å². The van der Waals surface area contributed by atoms with E-state index in [1.54, 1.807) is 23.5 Å². The highest BCUT2D eigenvalue weighted by molar-refractivity contribution is 7.18. The second kappa shape index (κ2) is 8.21. The third-order valence-corrected chi connectivity index (χ3v) is 6.20. The van der Waals surface area contributed by atoms with Crippen LogP contribution in [0.2, 0.25) is 0 Å². The van der Waals surface area contributed by atoms with E-state index in [1.165, 1.54) is 18.3 Å². The van der Waals surface area contributed by atoms with Crippen LogP contribution in [-0.2, 0) is 11.3 Å². The van der Waals surface area contributed by atoms with Crippen molar-refractivity contribution >= 4 is 39.5 Å². The molecule has 1 aliphatic rings. The van der Waals surface area contributed by atoms with Gasteiger partial charge in [0.1, 0.15) is 0 Å². The lowest BCUT2D eigenvalue weighted by atomic mass is 10.3. The summed E-state index contributed by atoms with van der Waals surface area (Å²) in [6.07, 6.45) is 0. The second-order valence-corrected chi connectivity index (χ2v) is 8.43. The molecule has 0 radical (unpaired) electrons. The molecule has 0 saturated carbocycles. The third kappa shape index (κ3) is 4.29. The number of thiophene rings is 2. The number of amides is 2. The van der Waals surface area contributed by atoms with Crippen molar-refractivity contribution in [2.24, 2.45) is 0 Å². The molecule has 3 aromatic heterocycles. The lowest BCUT2D eigenvalue weighted by Gasteiger charge is -2.33. The summed E-state index contributed by atoms with van der Waals surface area (Å²) < 4.78 is 5.36. The van der Waals surface area contributed by atoms with Gasteiger partial charge in [0.2, 0.25) is 17.6 Å². The van der Waals surface area contributed by atoms with Crippen LogP contribution in [0.5, 0.6) is 0 Å². The lowest BCUT2D eigenvalue weighted by Crippen LogP contribution is -2.48. The zero-order chi connectivity index (χ0) is 19.5. The first kappa shape index (κ1) is 18.8. The lowest BCUT2D eigenvalue weighted by molar-refractivity contribution is -0.114. The van der Waals surface area contributed by atoms with E-state index in [1.807, 2.05) is 22.4 Å². The fraction of sp³-hybridized carbons (Fsp3) is 0.333. The summed E-state index contributed by atoms with van der Waals surface area (Å²) in [5.41, 5.74) is 0. The van der Waals surface area contributed by atoms with Crippen molar-refractivity contribution in [2.75, 3.05) is 31.5 Å². The van der Waals surface area contributed by atoms with Crippen molar-refractivity contribution in [1.29, 1.82) is 0 Å². The first-order valence-corrected chi connectivity index (χ1v) is 10.5. The Bertz CT molecular complexity index is 958. The van der Waals surface area contributed by atoms with Crippen LogP contribution in [0.4, 0.5) is 5.00 Å². The number of anilines is 1. The maximum atomic E-state index is 12.7. The Balaban J connectivity index is 1.30. The van der Waals surface area contributed by atoms with Crippen molar-refractivity contribution in [3.63, 3.8) is 0 Å². The molecule has 1 aliphatic heterocycles. The van der Waals surface area contributed by atoms with Crippen LogP contribution in [0.1, 0.15) is 22.5 Å². The van der Waals surface area contributed by atoms with Gasteiger partial charge >= 0.3 is 0 Å². The van der Waals surface area contributed by atoms with Gasteiger partial charge in [0.25, 0.3) is 5.91 Å². The van der Waals surface area contributed by atoms with Crippen LogP contribution in [0.15, 0.2) is 34.2 Å². The van der Waals surface area contributed by atoms with E-state index < -0.39 is 0 Å². The zero-order valence-electron chi connectivity index (χ0n) is 15.3. The van der Waals surface area contributed by atoms with E-state index in [4.69, 9.17) is 4.52 Å². The van der Waals surface area contributed by atoms with Crippen molar-refractivity contribution < 1.29 is 14.1 Å². The summed E-state index contributed by atoms with van der Waals surface area (Å²) in [5.74, 6) is 1.06. The fourth-order valence-corrected chi connectivity index (χ4v) is 4.54. The highest BCUT2D eigenvalue weighted by Gasteiger charge is 2.24. The van der Waals surface area contributed by atoms with E-state index in [0.29, 0.717) is 41.2 Å². The maximum absolute atomic E-state index is 12.7. The summed E-state index contributed by atoms with van der Waals surface area (Å²) >= 11 is 2.88. The molecule has 8 nitrogen and oxygen atoms in total. The number of carbonyl (C=O) groups is 2. The number of carbonyl (C=O) groups excluding carboxylic acids is 2. The quantitative estimate of drug-likeness (QED) is 0.686. The summed E-state index contributed by atoms with van der Waals surface area (Å²) in [5, 5.41) is 9.41. The third-order valence-electron chi connectivity index (χ3n) is 4.34. The van der Waals surface area contributed by atoms with E-state index in [0.717, 1.165) is 18.0 Å². The molecule has 28 heavy (non-hydrogen) atoms. The number of nitrogens with one attached hydrogen (secondary N) is 1. The highest BCUT2D eigenvalue weighted by Crippen LogP contribution is 2.24. The Morgan fingerprint density at radius 1 is 1.21 bits per heavy atom. The Kier molecular flexibility index (Phi) is 5.51. The van der Waals surface area contributed by atoms with Gasteiger partial charge in [-0.25, -0.2) is 0 Å². The zero-order valence-corrected chi connectivity index (χ0v) is 16.9. The normalized spacial score (nSPS) is 15.0. The highest BCUT2D eigenvalue weighted by atomic mass is 32.1. The van der Waals surface area contributed by atoms with Crippen LogP contribution in [0, 0.1) is 0 Å². The molecule has 0 aromatic carbocycles. The summed E-state index contributed by atoms with van der Waals surface area (Å²) in [6.45, 7) is 4.79. The standard InChI is InChI=1S/C18H19N5O3S2/c1-12(24)19-16-5-4-14(28-16)18(25)23-8-6-22(7-9-23)11-15-20-17(21-26-15)13-3-2-10-27-13/h2-5,10H,6-9,11H2,1H3,(H,19,24). The summed E-state index contributed by atoms with van der Waals surface area (Å²) in [6, 6.07) is 7.44. The molecule has 10 heteroatoms. The molecule has 0 unspecified atom stereocenters. The first-order valence-electron chi connectivity index (χ1n) is 8.84. The molecule has 1 fully saturated rings. The van der Waals surface area contributed by atoms with Gasteiger partial charge in [0.15, 0.2) is 0 Å². The fourth-order valence-electron chi connectivity index (χ4n) is 2.97. The van der Waals surface area contributed by atoms with Crippen molar-refractivity contribution in [1.82, 2.24) is 19.9 Å². The Morgan fingerprint density at radius 3 is 2.75 bits per heavy atom. The van der Waals surface area contributed by atoms with Gasteiger partial charge in [-0.2, -0.15) is 4.98 Å². The molecule has 0 atom stereocenters. The van der Waals surface area contributed by atoms with Gasteiger partial charge in [-0.1, -0.05) is 11.2 Å². The first-order chi connectivity index (χ1) is 13.6. The van der Waals surface area contributed by atoms with E-state index in [-0.39, 0.29) is 11.8 Å². The van der Waals surface area contributed by atoms with Gasteiger partial charge in [-0.05, 0) is 23.6 Å². The topological polar surface area (TPSA) is 91.6 Å². The number of aromatic nitrogens is 2. The van der Waals surface area contributed by atoms with Crippen LogP contribution in [0.3, 0.4) is 0 Å². The van der Waals surface area contributed by atoms with Gasteiger partial charge in [-0.15, -0.1) is 22.7 Å². The van der Waals surface area contributed by atoms with E-state index in [9.17, 15) is 9.59 Å². The summed E-state index contributed by atoms with van der Waals surface area (Å²) in [4.78, 5) is 33.9. The van der Waals surface area contributed by atoms with Crippen molar-refractivity contribution in [2.45, 2.75) is 13.5 Å². The maximum Gasteiger partial charge on any atom is 0.264 e. The Morgan fingerprint density at radius 2 is 2.04 bits per heavy atom. The molecule has 1 saturated heterocycles. The minimum atomic E-state index is -0.141. The van der Waals surface area contributed by atoms with Crippen LogP contribution < -0.4 is 5.32 Å². The average Bonchev–Trinajstić information content (AvgIpc) is 3.43. The van der Waals surface area contributed by atoms with Gasteiger partial charge < -0.3 is 14.7 Å². The van der Waals surface area contributed by atoms with Gasteiger partial charge in [0.05, 0.1) is 21.3 Å². The number of hydrogen-bond donors (Lipinski definition) is 1. The predicted molar refractivity (Wildman–Crippen MR) is 107 cm³/mol. The van der Waals surface area contributed by atoms with E-state index in [2.05, 4.69) is 20.4 Å². The molecule has 0 bridgehead atoms. The average molecular weight is 418 g/mol. The van der Waals surface area contributed by atoms with Crippen molar-refractivity contribution in [3.05, 3.63) is 40.4 Å². The molecular weight excluding hydrogens is 398 g/mol.